The van der Waals surface area contributed by atoms with E-state index in [-0.39, 0.29) is 5.91 Å². The second kappa shape index (κ2) is 7.49. The van der Waals surface area contributed by atoms with E-state index in [1.165, 1.54) is 23.1 Å². The average Bonchev–Trinajstić information content (AvgIpc) is 3.03. The number of anilines is 1. The fraction of sp³-hybridized carbons (Fsp3) is 0.350. The molecule has 4 heteroatoms. The van der Waals surface area contributed by atoms with Crippen molar-refractivity contribution in [2.45, 2.75) is 25.8 Å². The third-order valence-corrected chi connectivity index (χ3v) is 4.51. The maximum atomic E-state index is 12.3. The minimum absolute atomic E-state index is 0.0546. The monoisotopic (exact) mass is 325 g/mol. The fourth-order valence-corrected chi connectivity index (χ4v) is 3.28. The molecule has 2 aromatic rings. The highest BCUT2D eigenvalue weighted by Crippen LogP contribution is 2.24. The third-order valence-electron chi connectivity index (χ3n) is 4.51. The van der Waals surface area contributed by atoms with Gasteiger partial charge in [0.05, 0.1) is 14.2 Å². The Kier molecular flexibility index (Phi) is 5.16. The zero-order valence-electron chi connectivity index (χ0n) is 14.4. The number of fused-ring (bicyclic) bond motifs is 1. The van der Waals surface area contributed by atoms with Gasteiger partial charge < -0.3 is 15.0 Å². The van der Waals surface area contributed by atoms with Crippen molar-refractivity contribution in [2.75, 3.05) is 26.0 Å². The summed E-state index contributed by atoms with van der Waals surface area (Å²) < 4.78 is 5.17. The molecule has 0 fully saturated rings. The number of hydrogen-bond donors (Lipinski definition) is 2. The first-order valence-electron chi connectivity index (χ1n) is 8.50. The topological polar surface area (TPSA) is 42.8 Å². The van der Waals surface area contributed by atoms with Gasteiger partial charge in [0.15, 0.2) is 6.54 Å². The first-order valence-corrected chi connectivity index (χ1v) is 8.50. The Balaban J connectivity index is 1.52. The molecule has 126 valence electrons. The lowest BCUT2D eigenvalue weighted by Gasteiger charge is -2.14. The Morgan fingerprint density at radius 1 is 1.12 bits per heavy atom. The SMILES string of the molecule is COc1ccc(C[NH+](C)CC(=O)Nc2ccc3c(c2)CCC3)cc1. The number of hydrogen-bond acceptors (Lipinski definition) is 2. The summed E-state index contributed by atoms with van der Waals surface area (Å²) in [5, 5.41) is 3.03. The molecular weight excluding hydrogens is 300 g/mol. The Morgan fingerprint density at radius 3 is 2.62 bits per heavy atom. The van der Waals surface area contributed by atoms with Crippen molar-refractivity contribution < 1.29 is 14.4 Å². The normalized spacial score (nSPS) is 14.1. The molecule has 1 aliphatic rings. The molecular formula is C20H25N2O2+. The summed E-state index contributed by atoms with van der Waals surface area (Å²) >= 11 is 0. The quantitative estimate of drug-likeness (QED) is 0.851. The van der Waals surface area contributed by atoms with Crippen LogP contribution in [0.2, 0.25) is 0 Å². The summed E-state index contributed by atoms with van der Waals surface area (Å²) in [7, 11) is 3.70. The first kappa shape index (κ1) is 16.5. The number of quaternary nitrogens is 1. The molecule has 0 aromatic heterocycles. The van der Waals surface area contributed by atoms with Gasteiger partial charge in [-0.3, -0.25) is 4.79 Å². The molecule has 0 aliphatic heterocycles. The Labute approximate surface area is 143 Å². The van der Waals surface area contributed by atoms with E-state index in [0.29, 0.717) is 6.54 Å². The van der Waals surface area contributed by atoms with Crippen molar-refractivity contribution >= 4 is 11.6 Å². The molecule has 24 heavy (non-hydrogen) atoms. The number of carbonyl (C=O) groups is 1. The maximum absolute atomic E-state index is 12.3. The van der Waals surface area contributed by atoms with E-state index in [9.17, 15) is 4.79 Å². The van der Waals surface area contributed by atoms with Gasteiger partial charge in [-0.2, -0.15) is 0 Å². The summed E-state index contributed by atoms with van der Waals surface area (Å²) in [4.78, 5) is 13.4. The molecule has 4 nitrogen and oxygen atoms in total. The van der Waals surface area contributed by atoms with E-state index in [2.05, 4.69) is 17.4 Å². The number of ether oxygens (including phenoxy) is 1. The number of amides is 1. The smallest absolute Gasteiger partial charge is 0.279 e. The molecule has 0 heterocycles. The molecule has 1 unspecified atom stereocenters. The van der Waals surface area contributed by atoms with Crippen molar-refractivity contribution in [1.82, 2.24) is 0 Å². The number of rotatable bonds is 6. The zero-order chi connectivity index (χ0) is 16.9. The summed E-state index contributed by atoms with van der Waals surface area (Å²) in [5.74, 6) is 0.907. The van der Waals surface area contributed by atoms with E-state index < -0.39 is 0 Å². The standard InChI is InChI=1S/C20H24N2O2/c1-22(13-15-6-10-19(24-2)11-7-15)14-20(23)21-18-9-8-16-4-3-5-17(16)12-18/h6-12H,3-5,13-14H2,1-2H3,(H,21,23)/p+1. The van der Waals surface area contributed by atoms with Crippen LogP contribution in [0, 0.1) is 0 Å². The van der Waals surface area contributed by atoms with E-state index in [1.54, 1.807) is 7.11 Å². The number of methoxy groups -OCH3 is 1. The molecule has 1 amide bonds. The fourth-order valence-electron chi connectivity index (χ4n) is 3.28. The van der Waals surface area contributed by atoms with E-state index in [4.69, 9.17) is 4.74 Å². The second-order valence-electron chi connectivity index (χ2n) is 6.54. The van der Waals surface area contributed by atoms with Crippen LogP contribution >= 0.6 is 0 Å². The predicted molar refractivity (Wildman–Crippen MR) is 95.5 cm³/mol. The van der Waals surface area contributed by atoms with Crippen LogP contribution < -0.4 is 15.0 Å². The van der Waals surface area contributed by atoms with Crippen LogP contribution in [0.4, 0.5) is 5.69 Å². The maximum Gasteiger partial charge on any atom is 0.279 e. The van der Waals surface area contributed by atoms with Crippen molar-refractivity contribution in [3.63, 3.8) is 0 Å². The molecule has 1 aliphatic carbocycles. The summed E-state index contributed by atoms with van der Waals surface area (Å²) in [6.07, 6.45) is 3.52. The zero-order valence-corrected chi connectivity index (χ0v) is 14.4. The van der Waals surface area contributed by atoms with E-state index >= 15 is 0 Å². The number of likely N-dealkylation sites (N-methyl/N-ethyl adjacent to an activating group) is 1. The number of carbonyl (C=O) groups excluding carboxylic acids is 1. The summed E-state index contributed by atoms with van der Waals surface area (Å²) in [6.45, 7) is 1.25. The van der Waals surface area contributed by atoms with Gasteiger partial charge >= 0.3 is 0 Å². The lowest BCUT2D eigenvalue weighted by molar-refractivity contribution is -0.885. The minimum atomic E-state index is 0.0546. The third kappa shape index (κ3) is 4.15. The Hall–Kier alpha value is -2.33. The van der Waals surface area contributed by atoms with Crippen LogP contribution in [0.25, 0.3) is 0 Å². The van der Waals surface area contributed by atoms with Crippen molar-refractivity contribution in [3.05, 3.63) is 59.2 Å². The minimum Gasteiger partial charge on any atom is -0.497 e. The highest BCUT2D eigenvalue weighted by atomic mass is 16.5. The van der Waals surface area contributed by atoms with Gasteiger partial charge in [-0.15, -0.1) is 0 Å². The van der Waals surface area contributed by atoms with Gasteiger partial charge in [0.25, 0.3) is 5.91 Å². The molecule has 2 aromatic carbocycles. The Bertz CT molecular complexity index is 710. The highest BCUT2D eigenvalue weighted by molar-refractivity contribution is 5.91. The molecule has 3 rings (SSSR count). The van der Waals surface area contributed by atoms with E-state index in [1.807, 2.05) is 37.4 Å². The molecule has 0 bridgehead atoms. The van der Waals surface area contributed by atoms with Crippen molar-refractivity contribution in [3.8, 4) is 5.75 Å². The van der Waals surface area contributed by atoms with Crippen molar-refractivity contribution in [1.29, 1.82) is 0 Å². The van der Waals surface area contributed by atoms with Crippen LogP contribution in [0.1, 0.15) is 23.1 Å². The van der Waals surface area contributed by atoms with Gasteiger partial charge in [-0.1, -0.05) is 6.07 Å². The van der Waals surface area contributed by atoms with Crippen LogP contribution in [0.15, 0.2) is 42.5 Å². The molecule has 1 atom stereocenters. The lowest BCUT2D eigenvalue weighted by atomic mass is 10.1. The number of nitrogens with one attached hydrogen (secondary N) is 2. The predicted octanol–water partition coefficient (Wildman–Crippen LogP) is 1.84. The molecule has 2 N–H and O–H groups in total. The van der Waals surface area contributed by atoms with Crippen LogP contribution in [-0.2, 0) is 24.2 Å². The van der Waals surface area contributed by atoms with Gasteiger partial charge in [0, 0.05) is 11.3 Å². The number of aryl methyl sites for hydroxylation is 2. The second-order valence-corrected chi connectivity index (χ2v) is 6.54. The molecule has 0 radical (unpaired) electrons. The first-order chi connectivity index (χ1) is 11.6. The molecule has 0 spiro atoms. The summed E-state index contributed by atoms with van der Waals surface area (Å²) in [5.41, 5.74) is 4.92. The van der Waals surface area contributed by atoms with Gasteiger partial charge in [0.2, 0.25) is 0 Å². The van der Waals surface area contributed by atoms with Crippen LogP contribution in [-0.4, -0.2) is 26.6 Å². The van der Waals surface area contributed by atoms with E-state index in [0.717, 1.165) is 35.7 Å². The Morgan fingerprint density at radius 2 is 1.88 bits per heavy atom. The van der Waals surface area contributed by atoms with Crippen LogP contribution in [0.5, 0.6) is 5.75 Å². The van der Waals surface area contributed by atoms with Gasteiger partial charge in [-0.05, 0) is 66.8 Å². The average molecular weight is 325 g/mol. The molecule has 0 saturated heterocycles. The van der Waals surface area contributed by atoms with Crippen molar-refractivity contribution in [2.24, 2.45) is 0 Å². The lowest BCUT2D eigenvalue weighted by Crippen LogP contribution is -3.08. The van der Waals surface area contributed by atoms with Crippen LogP contribution in [0.3, 0.4) is 0 Å². The van der Waals surface area contributed by atoms with Gasteiger partial charge in [-0.25, -0.2) is 0 Å². The highest BCUT2D eigenvalue weighted by Gasteiger charge is 2.14. The van der Waals surface area contributed by atoms with Gasteiger partial charge in [0.1, 0.15) is 12.3 Å². The largest absolute Gasteiger partial charge is 0.497 e. The number of benzene rings is 2. The molecule has 0 saturated carbocycles. The summed E-state index contributed by atoms with van der Waals surface area (Å²) in [6, 6.07) is 14.3.